The quantitative estimate of drug-likeness (QED) is 0.794. The van der Waals surface area contributed by atoms with Gasteiger partial charge in [0, 0.05) is 11.1 Å². The predicted octanol–water partition coefficient (Wildman–Crippen LogP) is 4.62. The highest BCUT2D eigenvalue weighted by molar-refractivity contribution is 5.84. The van der Waals surface area contributed by atoms with Gasteiger partial charge in [0.15, 0.2) is 0 Å². The predicted molar refractivity (Wildman–Crippen MR) is 83.6 cm³/mol. The zero-order valence-corrected chi connectivity index (χ0v) is 13.0. The highest BCUT2D eigenvalue weighted by Gasteiger charge is 2.20. The van der Waals surface area contributed by atoms with E-state index in [9.17, 15) is 10.2 Å². The van der Waals surface area contributed by atoms with E-state index in [0.717, 1.165) is 44.5 Å². The van der Waals surface area contributed by atoms with Crippen molar-refractivity contribution in [2.45, 2.75) is 41.5 Å². The van der Waals surface area contributed by atoms with Crippen LogP contribution in [-0.2, 0) is 0 Å². The highest BCUT2D eigenvalue weighted by atomic mass is 16.3. The van der Waals surface area contributed by atoms with E-state index in [-0.39, 0.29) is 11.5 Å². The first-order valence-electron chi connectivity index (χ1n) is 6.85. The van der Waals surface area contributed by atoms with Crippen LogP contribution in [0.2, 0.25) is 0 Å². The van der Waals surface area contributed by atoms with Gasteiger partial charge in [0.05, 0.1) is 0 Å². The lowest BCUT2D eigenvalue weighted by molar-refractivity contribution is 0.464. The van der Waals surface area contributed by atoms with Crippen LogP contribution >= 0.6 is 0 Å². The first-order valence-corrected chi connectivity index (χ1v) is 6.85. The Morgan fingerprint density at radius 2 is 0.850 bits per heavy atom. The molecule has 0 heterocycles. The van der Waals surface area contributed by atoms with Crippen LogP contribution in [0.1, 0.15) is 33.4 Å². The van der Waals surface area contributed by atoms with Crippen molar-refractivity contribution in [2.24, 2.45) is 0 Å². The molecule has 2 heteroatoms. The Balaban J connectivity index is 2.96. The molecule has 0 aliphatic carbocycles. The Bertz CT molecular complexity index is 584. The molecule has 2 N–H and O–H groups in total. The normalized spacial score (nSPS) is 10.9. The van der Waals surface area contributed by atoms with Crippen LogP contribution in [0.25, 0.3) is 11.1 Å². The Kier molecular flexibility index (Phi) is 3.51. The van der Waals surface area contributed by atoms with Crippen molar-refractivity contribution in [2.75, 3.05) is 0 Å². The van der Waals surface area contributed by atoms with Crippen molar-refractivity contribution in [3.8, 4) is 22.6 Å². The summed E-state index contributed by atoms with van der Waals surface area (Å²) >= 11 is 0. The van der Waals surface area contributed by atoms with Crippen molar-refractivity contribution in [1.29, 1.82) is 0 Å². The van der Waals surface area contributed by atoms with Crippen LogP contribution in [0.15, 0.2) is 12.1 Å². The minimum Gasteiger partial charge on any atom is -0.507 e. The van der Waals surface area contributed by atoms with Gasteiger partial charge >= 0.3 is 0 Å². The van der Waals surface area contributed by atoms with Crippen molar-refractivity contribution in [3.63, 3.8) is 0 Å². The molecule has 0 bridgehead atoms. The van der Waals surface area contributed by atoms with Gasteiger partial charge in [-0.25, -0.2) is 0 Å². The summed E-state index contributed by atoms with van der Waals surface area (Å²) < 4.78 is 0. The molecule has 0 atom stereocenters. The van der Waals surface area contributed by atoms with Gasteiger partial charge in [0.1, 0.15) is 11.5 Å². The maximum absolute atomic E-state index is 10.5. The van der Waals surface area contributed by atoms with Gasteiger partial charge in [-0.3, -0.25) is 0 Å². The molecular weight excluding hydrogens is 248 g/mol. The summed E-state index contributed by atoms with van der Waals surface area (Å²) in [4.78, 5) is 0. The standard InChI is InChI=1S/C18H22O2/c1-9-7-11(3)17(19)15(13(9)5)16-14(6)10(2)8-12(4)18(16)20/h7-8,19-20H,1-6H3. The number of phenolic OH excluding ortho intramolecular Hbond substituents is 2. The fourth-order valence-electron chi connectivity index (χ4n) is 2.76. The van der Waals surface area contributed by atoms with Crippen molar-refractivity contribution < 1.29 is 10.2 Å². The summed E-state index contributed by atoms with van der Waals surface area (Å²) in [5.41, 5.74) is 7.44. The zero-order valence-electron chi connectivity index (χ0n) is 13.0. The van der Waals surface area contributed by atoms with E-state index in [4.69, 9.17) is 0 Å². The number of aromatic hydroxyl groups is 2. The number of rotatable bonds is 1. The maximum Gasteiger partial charge on any atom is 0.126 e. The molecule has 0 fully saturated rings. The maximum atomic E-state index is 10.5. The lowest BCUT2D eigenvalue weighted by atomic mass is 9.87. The second kappa shape index (κ2) is 4.86. The molecular formula is C18H22O2. The second-order valence-electron chi connectivity index (χ2n) is 5.72. The SMILES string of the molecule is Cc1cc(C)c(O)c(-c2c(C)c(C)cc(C)c2O)c1C. The summed E-state index contributed by atoms with van der Waals surface area (Å²) in [5, 5.41) is 21.0. The third-order valence-corrected chi connectivity index (χ3v) is 4.27. The molecule has 2 rings (SSSR count). The van der Waals surface area contributed by atoms with Gasteiger partial charge in [-0.1, -0.05) is 12.1 Å². The fraction of sp³-hybridized carbons (Fsp3) is 0.333. The van der Waals surface area contributed by atoms with Crippen LogP contribution < -0.4 is 0 Å². The van der Waals surface area contributed by atoms with Gasteiger partial charge in [-0.05, 0) is 74.9 Å². The molecule has 106 valence electrons. The Morgan fingerprint density at radius 1 is 0.550 bits per heavy atom. The molecule has 0 spiro atoms. The van der Waals surface area contributed by atoms with E-state index < -0.39 is 0 Å². The number of benzene rings is 2. The molecule has 0 aliphatic rings. The third kappa shape index (κ3) is 2.05. The van der Waals surface area contributed by atoms with Gasteiger partial charge < -0.3 is 10.2 Å². The van der Waals surface area contributed by atoms with E-state index in [0.29, 0.717) is 0 Å². The van der Waals surface area contributed by atoms with E-state index in [2.05, 4.69) is 0 Å². The third-order valence-electron chi connectivity index (χ3n) is 4.27. The smallest absolute Gasteiger partial charge is 0.126 e. The van der Waals surface area contributed by atoms with Crippen LogP contribution in [0, 0.1) is 41.5 Å². The molecule has 0 unspecified atom stereocenters. The summed E-state index contributed by atoms with van der Waals surface area (Å²) in [6.45, 7) is 11.8. The number of hydrogen-bond acceptors (Lipinski definition) is 2. The number of aryl methyl sites for hydroxylation is 4. The summed E-state index contributed by atoms with van der Waals surface area (Å²) in [5.74, 6) is 0.521. The monoisotopic (exact) mass is 270 g/mol. The lowest BCUT2D eigenvalue weighted by Gasteiger charge is -2.19. The van der Waals surface area contributed by atoms with Crippen LogP contribution in [-0.4, -0.2) is 10.2 Å². The van der Waals surface area contributed by atoms with Crippen molar-refractivity contribution in [3.05, 3.63) is 45.5 Å². The topological polar surface area (TPSA) is 40.5 Å². The van der Waals surface area contributed by atoms with Crippen LogP contribution in [0.5, 0.6) is 11.5 Å². The van der Waals surface area contributed by atoms with Crippen molar-refractivity contribution in [1.82, 2.24) is 0 Å². The average molecular weight is 270 g/mol. The highest BCUT2D eigenvalue weighted by Crippen LogP contribution is 2.44. The first kappa shape index (κ1) is 14.4. The average Bonchev–Trinajstić information content (AvgIpc) is 2.38. The van der Waals surface area contributed by atoms with Crippen LogP contribution in [0.3, 0.4) is 0 Å². The van der Waals surface area contributed by atoms with Crippen molar-refractivity contribution >= 4 is 0 Å². The number of hydrogen-bond donors (Lipinski definition) is 2. The molecule has 2 aromatic carbocycles. The molecule has 0 radical (unpaired) electrons. The lowest BCUT2D eigenvalue weighted by Crippen LogP contribution is -1.97. The summed E-state index contributed by atoms with van der Waals surface area (Å²) in [6, 6.07) is 3.95. The molecule has 2 nitrogen and oxygen atoms in total. The molecule has 0 aromatic heterocycles. The Labute approximate surface area is 120 Å². The first-order chi connectivity index (χ1) is 9.25. The van der Waals surface area contributed by atoms with E-state index in [1.807, 2.05) is 53.7 Å². The number of phenols is 2. The minimum absolute atomic E-state index is 0.261. The van der Waals surface area contributed by atoms with E-state index in [1.165, 1.54) is 0 Å². The second-order valence-corrected chi connectivity index (χ2v) is 5.72. The van der Waals surface area contributed by atoms with E-state index in [1.54, 1.807) is 0 Å². The van der Waals surface area contributed by atoms with Gasteiger partial charge in [-0.15, -0.1) is 0 Å². The molecule has 0 saturated carbocycles. The summed E-state index contributed by atoms with van der Waals surface area (Å²) in [6.07, 6.45) is 0. The molecule has 0 amide bonds. The summed E-state index contributed by atoms with van der Waals surface area (Å²) in [7, 11) is 0. The Morgan fingerprint density at radius 3 is 1.15 bits per heavy atom. The van der Waals surface area contributed by atoms with Crippen LogP contribution in [0.4, 0.5) is 0 Å². The zero-order chi connectivity index (χ0) is 15.2. The minimum atomic E-state index is 0.261. The molecule has 20 heavy (non-hydrogen) atoms. The van der Waals surface area contributed by atoms with E-state index >= 15 is 0 Å². The Hall–Kier alpha value is -1.96. The molecule has 2 aromatic rings. The van der Waals surface area contributed by atoms with Gasteiger partial charge in [-0.2, -0.15) is 0 Å². The fourth-order valence-corrected chi connectivity index (χ4v) is 2.76. The molecule has 0 saturated heterocycles. The largest absolute Gasteiger partial charge is 0.507 e. The van der Waals surface area contributed by atoms with Gasteiger partial charge in [0.25, 0.3) is 0 Å². The van der Waals surface area contributed by atoms with Gasteiger partial charge in [0.2, 0.25) is 0 Å². The molecule has 0 aliphatic heterocycles.